The first-order valence-corrected chi connectivity index (χ1v) is 13.3. The fourth-order valence-corrected chi connectivity index (χ4v) is 5.85. The molecule has 0 amide bonds. The largest absolute Gasteiger partial charge is 0.489 e. The van der Waals surface area contributed by atoms with E-state index in [1.807, 2.05) is 0 Å². The van der Waals surface area contributed by atoms with Gasteiger partial charge in [-0.3, -0.25) is 0 Å². The smallest absolute Gasteiger partial charge is 0.400 e. The Morgan fingerprint density at radius 3 is 2.08 bits per heavy atom. The molecule has 0 spiro atoms. The average molecular weight is 372 g/mol. The minimum absolute atomic E-state index is 0.211. The summed E-state index contributed by atoms with van der Waals surface area (Å²) in [6, 6.07) is 10.9. The van der Waals surface area contributed by atoms with Crippen LogP contribution in [0.3, 0.4) is 0 Å². The lowest BCUT2D eigenvalue weighted by Gasteiger charge is -2.32. The van der Waals surface area contributed by atoms with Gasteiger partial charge in [-0.05, 0) is 39.6 Å². The summed E-state index contributed by atoms with van der Waals surface area (Å²) in [6.45, 7) is 15.7. The van der Waals surface area contributed by atoms with E-state index in [0.717, 1.165) is 6.42 Å². The molecule has 1 aliphatic heterocycles. The summed E-state index contributed by atoms with van der Waals surface area (Å²) in [6.07, 6.45) is 6.12. The Morgan fingerprint density at radius 1 is 0.962 bits per heavy atom. The van der Waals surface area contributed by atoms with Crippen molar-refractivity contribution in [3.8, 4) is 0 Å². The third-order valence-electron chi connectivity index (χ3n) is 5.94. The molecule has 0 radical (unpaired) electrons. The fourth-order valence-electron chi connectivity index (χ4n) is 3.42. The second-order valence-electron chi connectivity index (χ2n) is 9.21. The van der Waals surface area contributed by atoms with Crippen molar-refractivity contribution in [2.45, 2.75) is 91.0 Å². The molecular weight excluding hydrogens is 335 g/mol. The highest BCUT2D eigenvalue weighted by molar-refractivity contribution is 6.94. The number of hydrogen-bond acceptors (Lipinski definition) is 2. The molecule has 0 saturated carbocycles. The molecule has 1 aliphatic rings. The van der Waals surface area contributed by atoms with E-state index in [0.29, 0.717) is 0 Å². The molecule has 1 aromatic rings. The van der Waals surface area contributed by atoms with E-state index in [9.17, 15) is 0 Å². The Kier molecular flexibility index (Phi) is 6.98. The van der Waals surface area contributed by atoms with E-state index in [1.165, 1.54) is 36.3 Å². The summed E-state index contributed by atoms with van der Waals surface area (Å²) >= 11 is 0. The SMILES string of the molecule is CCCCCC/C(=C/[Si](C)(C)c1ccccc1)B1OC(C)(C)C(C)(C)O1. The van der Waals surface area contributed by atoms with Gasteiger partial charge in [0, 0.05) is 0 Å². The van der Waals surface area contributed by atoms with Gasteiger partial charge in [-0.15, -0.1) is 0 Å². The average Bonchev–Trinajstić information content (AvgIpc) is 2.79. The highest BCUT2D eigenvalue weighted by Gasteiger charge is 2.52. The van der Waals surface area contributed by atoms with Crippen LogP contribution in [0.2, 0.25) is 13.1 Å². The summed E-state index contributed by atoms with van der Waals surface area (Å²) in [5.41, 5.74) is 3.31. The second-order valence-corrected chi connectivity index (χ2v) is 13.5. The van der Waals surface area contributed by atoms with Crippen molar-refractivity contribution in [2.24, 2.45) is 0 Å². The Morgan fingerprint density at radius 2 is 1.54 bits per heavy atom. The molecule has 1 fully saturated rings. The first kappa shape index (κ1) is 21.5. The van der Waals surface area contributed by atoms with E-state index < -0.39 is 8.07 Å². The lowest BCUT2D eigenvalue weighted by atomic mass is 9.76. The summed E-state index contributed by atoms with van der Waals surface area (Å²) < 4.78 is 12.8. The van der Waals surface area contributed by atoms with Crippen molar-refractivity contribution in [3.63, 3.8) is 0 Å². The maximum atomic E-state index is 6.40. The van der Waals surface area contributed by atoms with Gasteiger partial charge in [-0.25, -0.2) is 0 Å². The Balaban J connectivity index is 2.26. The molecule has 0 unspecified atom stereocenters. The van der Waals surface area contributed by atoms with E-state index in [1.54, 1.807) is 0 Å². The molecule has 0 atom stereocenters. The highest BCUT2D eigenvalue weighted by atomic mass is 28.3. The standard InChI is InChI=1S/C22H37BO2Si/c1-8-9-10-12-15-19(23-24-21(2,3)22(4,5)25-23)18-26(6,7)20-16-13-11-14-17-20/h11,13-14,16-18H,8-10,12,15H2,1-7H3/b19-18-. The zero-order chi connectivity index (χ0) is 19.4. The minimum atomic E-state index is -1.69. The van der Waals surface area contributed by atoms with Crippen molar-refractivity contribution in [1.82, 2.24) is 0 Å². The van der Waals surface area contributed by atoms with Crippen molar-refractivity contribution in [2.75, 3.05) is 0 Å². The van der Waals surface area contributed by atoms with Crippen LogP contribution in [0.5, 0.6) is 0 Å². The zero-order valence-corrected chi connectivity index (χ0v) is 18.9. The molecule has 2 nitrogen and oxygen atoms in total. The first-order chi connectivity index (χ1) is 12.1. The van der Waals surface area contributed by atoms with Crippen molar-refractivity contribution in [1.29, 1.82) is 0 Å². The van der Waals surface area contributed by atoms with Gasteiger partial charge in [0.05, 0.1) is 11.2 Å². The van der Waals surface area contributed by atoms with Gasteiger partial charge in [-0.1, -0.05) is 86.9 Å². The summed E-state index contributed by atoms with van der Waals surface area (Å²) in [4.78, 5) is 0. The van der Waals surface area contributed by atoms with E-state index in [-0.39, 0.29) is 18.3 Å². The molecule has 1 aromatic carbocycles. The number of benzene rings is 1. The summed E-state index contributed by atoms with van der Waals surface area (Å²) in [5, 5.41) is 1.46. The predicted molar refractivity (Wildman–Crippen MR) is 116 cm³/mol. The van der Waals surface area contributed by atoms with Gasteiger partial charge in [0.2, 0.25) is 0 Å². The predicted octanol–water partition coefficient (Wildman–Crippen LogP) is 5.67. The van der Waals surface area contributed by atoms with Crippen LogP contribution in [-0.4, -0.2) is 26.4 Å². The van der Waals surface area contributed by atoms with Crippen LogP contribution in [-0.2, 0) is 9.31 Å². The molecule has 2 rings (SSSR count). The lowest BCUT2D eigenvalue weighted by molar-refractivity contribution is 0.00578. The number of unbranched alkanes of at least 4 members (excludes halogenated alkanes) is 3. The van der Waals surface area contributed by atoms with Crippen LogP contribution in [0.25, 0.3) is 0 Å². The van der Waals surface area contributed by atoms with Crippen molar-refractivity contribution < 1.29 is 9.31 Å². The maximum Gasteiger partial charge on any atom is 0.489 e. The van der Waals surface area contributed by atoms with Gasteiger partial charge >= 0.3 is 7.12 Å². The first-order valence-electron chi connectivity index (χ1n) is 10.2. The van der Waals surface area contributed by atoms with Crippen LogP contribution < -0.4 is 5.19 Å². The van der Waals surface area contributed by atoms with Crippen molar-refractivity contribution >= 4 is 20.4 Å². The minimum Gasteiger partial charge on any atom is -0.400 e. The van der Waals surface area contributed by atoms with E-state index >= 15 is 0 Å². The van der Waals surface area contributed by atoms with Gasteiger partial charge in [0.1, 0.15) is 8.07 Å². The van der Waals surface area contributed by atoms with Gasteiger partial charge < -0.3 is 9.31 Å². The van der Waals surface area contributed by atoms with Crippen LogP contribution in [0.1, 0.15) is 66.7 Å². The number of hydrogen-bond donors (Lipinski definition) is 0. The van der Waals surface area contributed by atoms with Gasteiger partial charge in [-0.2, -0.15) is 0 Å². The molecule has 0 bridgehead atoms. The normalized spacial score (nSPS) is 19.8. The Hall–Kier alpha value is -0.838. The molecular formula is C22H37BO2Si. The monoisotopic (exact) mass is 372 g/mol. The van der Waals surface area contributed by atoms with Crippen LogP contribution in [0.4, 0.5) is 0 Å². The zero-order valence-electron chi connectivity index (χ0n) is 17.9. The highest BCUT2D eigenvalue weighted by Crippen LogP contribution is 2.39. The molecule has 4 heteroatoms. The van der Waals surface area contributed by atoms with Crippen LogP contribution in [0, 0.1) is 0 Å². The molecule has 0 aliphatic carbocycles. The maximum absolute atomic E-state index is 6.40. The van der Waals surface area contributed by atoms with Crippen LogP contribution in [0.15, 0.2) is 41.5 Å². The Labute approximate surface area is 162 Å². The Bertz CT molecular complexity index is 592. The van der Waals surface area contributed by atoms with E-state index in [2.05, 4.69) is 83.7 Å². The van der Waals surface area contributed by atoms with Crippen LogP contribution >= 0.6 is 0 Å². The van der Waals surface area contributed by atoms with Gasteiger partial charge in [0.15, 0.2) is 0 Å². The third-order valence-corrected chi connectivity index (χ3v) is 8.85. The fraction of sp³-hybridized carbons (Fsp3) is 0.636. The quantitative estimate of drug-likeness (QED) is 0.432. The third kappa shape index (κ3) is 5.11. The molecule has 26 heavy (non-hydrogen) atoms. The second kappa shape index (κ2) is 8.45. The topological polar surface area (TPSA) is 18.5 Å². The van der Waals surface area contributed by atoms with E-state index in [4.69, 9.17) is 9.31 Å². The molecule has 0 aromatic heterocycles. The number of allylic oxidation sites excluding steroid dienone is 1. The summed E-state index contributed by atoms with van der Waals surface area (Å²) in [5.74, 6) is 0. The van der Waals surface area contributed by atoms with Gasteiger partial charge in [0.25, 0.3) is 0 Å². The molecule has 0 N–H and O–H groups in total. The molecule has 144 valence electrons. The molecule has 1 heterocycles. The lowest BCUT2D eigenvalue weighted by Crippen LogP contribution is -2.41. The number of rotatable bonds is 8. The van der Waals surface area contributed by atoms with Crippen molar-refractivity contribution in [3.05, 3.63) is 41.5 Å². The summed E-state index contributed by atoms with van der Waals surface area (Å²) in [7, 11) is -1.90. The molecule has 1 saturated heterocycles.